The Morgan fingerprint density at radius 2 is 2.55 bits per heavy atom. The number of hydrogen-bond donors (Lipinski definition) is 1. The summed E-state index contributed by atoms with van der Waals surface area (Å²) in [6.07, 6.45) is 2.72. The van der Waals surface area contributed by atoms with Gasteiger partial charge in [-0.25, -0.2) is 0 Å². The minimum atomic E-state index is 0.145. The molecule has 1 nitrogen and oxygen atoms in total. The second kappa shape index (κ2) is 3.69. The van der Waals surface area contributed by atoms with Gasteiger partial charge in [-0.05, 0) is 30.4 Å². The summed E-state index contributed by atoms with van der Waals surface area (Å²) in [5.74, 6) is 0. The first-order valence-corrected chi connectivity index (χ1v) is 4.53. The van der Waals surface area contributed by atoms with Gasteiger partial charge in [0.05, 0.1) is 0 Å². The lowest BCUT2D eigenvalue weighted by atomic mass is 10.2. The Morgan fingerprint density at radius 3 is 3.00 bits per heavy atom. The van der Waals surface area contributed by atoms with Crippen molar-refractivity contribution < 1.29 is 0 Å². The van der Waals surface area contributed by atoms with E-state index in [2.05, 4.69) is 24.9 Å². The number of thiophene rings is 1. The van der Waals surface area contributed by atoms with Gasteiger partial charge >= 0.3 is 0 Å². The third-order valence-electron chi connectivity index (χ3n) is 1.54. The lowest BCUT2D eigenvalue weighted by molar-refractivity contribution is 0.757. The van der Waals surface area contributed by atoms with Crippen molar-refractivity contribution in [3.05, 3.63) is 34.5 Å². The van der Waals surface area contributed by atoms with Gasteiger partial charge in [0, 0.05) is 10.9 Å². The summed E-state index contributed by atoms with van der Waals surface area (Å²) in [6, 6.07) is 2.28. The monoisotopic (exact) mass is 167 g/mol. The van der Waals surface area contributed by atoms with Gasteiger partial charge in [-0.15, -0.1) is 17.9 Å². The van der Waals surface area contributed by atoms with E-state index in [1.165, 1.54) is 10.4 Å². The summed E-state index contributed by atoms with van der Waals surface area (Å²) in [6.45, 7) is 5.74. The first-order chi connectivity index (χ1) is 5.24. The highest BCUT2D eigenvalue weighted by Crippen LogP contribution is 2.22. The number of aryl methyl sites for hydroxylation is 1. The van der Waals surface area contributed by atoms with Crippen LogP contribution in [-0.4, -0.2) is 0 Å². The fraction of sp³-hybridized carbons (Fsp3) is 0.333. The molecule has 0 aliphatic heterocycles. The average Bonchev–Trinajstić information content (AvgIpc) is 2.36. The van der Waals surface area contributed by atoms with Gasteiger partial charge in [-0.2, -0.15) is 0 Å². The van der Waals surface area contributed by atoms with Crippen LogP contribution in [0.1, 0.15) is 22.9 Å². The molecule has 11 heavy (non-hydrogen) atoms. The van der Waals surface area contributed by atoms with E-state index < -0.39 is 0 Å². The van der Waals surface area contributed by atoms with E-state index in [-0.39, 0.29) is 6.04 Å². The third-order valence-corrected chi connectivity index (χ3v) is 2.72. The topological polar surface area (TPSA) is 26.0 Å². The highest BCUT2D eigenvalue weighted by molar-refractivity contribution is 7.10. The molecule has 1 rings (SSSR count). The Kier molecular flexibility index (Phi) is 2.85. The van der Waals surface area contributed by atoms with Gasteiger partial charge < -0.3 is 5.73 Å². The molecule has 0 bridgehead atoms. The Labute approximate surface area is 71.5 Å². The zero-order chi connectivity index (χ0) is 8.27. The van der Waals surface area contributed by atoms with Gasteiger partial charge in [-0.1, -0.05) is 6.08 Å². The van der Waals surface area contributed by atoms with Crippen molar-refractivity contribution in [2.45, 2.75) is 19.4 Å². The zero-order valence-corrected chi connectivity index (χ0v) is 7.53. The van der Waals surface area contributed by atoms with Crippen LogP contribution in [0.2, 0.25) is 0 Å². The van der Waals surface area contributed by atoms with Crippen molar-refractivity contribution in [3.63, 3.8) is 0 Å². The molecular formula is C9H13NS. The van der Waals surface area contributed by atoms with Crippen LogP contribution in [-0.2, 0) is 0 Å². The normalized spacial score (nSPS) is 12.9. The fourth-order valence-corrected chi connectivity index (χ4v) is 1.86. The molecule has 0 spiro atoms. The predicted octanol–water partition coefficient (Wildman–Crippen LogP) is 2.63. The zero-order valence-electron chi connectivity index (χ0n) is 6.71. The Hall–Kier alpha value is -0.600. The van der Waals surface area contributed by atoms with Gasteiger partial charge in [0.25, 0.3) is 0 Å². The lowest BCUT2D eigenvalue weighted by Crippen LogP contribution is -2.06. The van der Waals surface area contributed by atoms with E-state index in [1.807, 2.05) is 6.08 Å². The van der Waals surface area contributed by atoms with Gasteiger partial charge in [0.1, 0.15) is 0 Å². The average molecular weight is 167 g/mol. The predicted molar refractivity (Wildman–Crippen MR) is 50.8 cm³/mol. The molecule has 2 heteroatoms. The van der Waals surface area contributed by atoms with E-state index in [0.29, 0.717) is 0 Å². The summed E-state index contributed by atoms with van der Waals surface area (Å²) >= 11 is 1.72. The summed E-state index contributed by atoms with van der Waals surface area (Å²) in [4.78, 5) is 1.25. The third kappa shape index (κ3) is 2.17. The van der Waals surface area contributed by atoms with Crippen molar-refractivity contribution >= 4 is 11.3 Å². The quantitative estimate of drug-likeness (QED) is 0.688. The smallest absolute Gasteiger partial charge is 0.0424 e. The van der Waals surface area contributed by atoms with Crippen LogP contribution in [0.4, 0.5) is 0 Å². The van der Waals surface area contributed by atoms with Crippen molar-refractivity contribution in [1.82, 2.24) is 0 Å². The molecule has 1 atom stereocenters. The van der Waals surface area contributed by atoms with E-state index >= 15 is 0 Å². The first-order valence-electron chi connectivity index (χ1n) is 3.65. The summed E-state index contributed by atoms with van der Waals surface area (Å²) in [5.41, 5.74) is 7.15. The van der Waals surface area contributed by atoms with Crippen LogP contribution in [0.25, 0.3) is 0 Å². The molecule has 0 saturated carbocycles. The highest BCUT2D eigenvalue weighted by Gasteiger charge is 2.04. The molecule has 1 aromatic rings. The van der Waals surface area contributed by atoms with Crippen LogP contribution in [0.5, 0.6) is 0 Å². The largest absolute Gasteiger partial charge is 0.323 e. The van der Waals surface area contributed by atoms with Gasteiger partial charge in [0.15, 0.2) is 0 Å². The van der Waals surface area contributed by atoms with Crippen LogP contribution in [0, 0.1) is 6.92 Å². The highest BCUT2D eigenvalue weighted by atomic mass is 32.1. The summed E-state index contributed by atoms with van der Waals surface area (Å²) in [7, 11) is 0. The molecule has 1 heterocycles. The minimum absolute atomic E-state index is 0.145. The van der Waals surface area contributed by atoms with Crippen molar-refractivity contribution in [2.75, 3.05) is 0 Å². The van der Waals surface area contributed by atoms with Crippen molar-refractivity contribution in [3.8, 4) is 0 Å². The summed E-state index contributed by atoms with van der Waals surface area (Å²) in [5, 5.41) is 2.12. The molecule has 0 saturated heterocycles. The molecule has 0 fully saturated rings. The molecule has 1 aromatic heterocycles. The standard InChI is InChI=1S/C9H13NS/c1-3-4-8(10)9-5-7(2)6-11-9/h3,5-6,8H,1,4,10H2,2H3/t8-/m0/s1. The second-order valence-corrected chi connectivity index (χ2v) is 3.60. The number of nitrogens with two attached hydrogens (primary N) is 1. The molecular weight excluding hydrogens is 154 g/mol. The molecule has 2 N–H and O–H groups in total. The lowest BCUT2D eigenvalue weighted by Gasteiger charge is -2.03. The Morgan fingerprint density at radius 1 is 1.82 bits per heavy atom. The van der Waals surface area contributed by atoms with Crippen LogP contribution < -0.4 is 5.73 Å². The first kappa shape index (κ1) is 8.50. The maximum absolute atomic E-state index is 5.86. The maximum Gasteiger partial charge on any atom is 0.0424 e. The summed E-state index contributed by atoms with van der Waals surface area (Å²) < 4.78 is 0. The van der Waals surface area contributed by atoms with E-state index in [0.717, 1.165) is 6.42 Å². The molecule has 0 aliphatic carbocycles. The number of rotatable bonds is 3. The molecule has 60 valence electrons. The second-order valence-electron chi connectivity index (χ2n) is 2.66. The maximum atomic E-state index is 5.86. The molecule has 0 radical (unpaired) electrons. The molecule has 0 aliphatic rings. The van der Waals surface area contributed by atoms with E-state index in [4.69, 9.17) is 5.73 Å². The van der Waals surface area contributed by atoms with Crippen LogP contribution >= 0.6 is 11.3 Å². The van der Waals surface area contributed by atoms with Crippen LogP contribution in [0.3, 0.4) is 0 Å². The molecule has 0 amide bonds. The van der Waals surface area contributed by atoms with Crippen molar-refractivity contribution in [2.24, 2.45) is 5.73 Å². The molecule has 0 aromatic carbocycles. The van der Waals surface area contributed by atoms with E-state index in [1.54, 1.807) is 11.3 Å². The Balaban J connectivity index is 2.67. The molecule has 0 unspecified atom stereocenters. The van der Waals surface area contributed by atoms with E-state index in [9.17, 15) is 0 Å². The minimum Gasteiger partial charge on any atom is -0.323 e. The van der Waals surface area contributed by atoms with Gasteiger partial charge in [0.2, 0.25) is 0 Å². The number of hydrogen-bond acceptors (Lipinski definition) is 2. The van der Waals surface area contributed by atoms with Crippen LogP contribution in [0.15, 0.2) is 24.1 Å². The fourth-order valence-electron chi connectivity index (χ4n) is 0.944. The van der Waals surface area contributed by atoms with Crippen molar-refractivity contribution in [1.29, 1.82) is 0 Å². The SMILES string of the molecule is C=CC[C@H](N)c1cc(C)cs1. The Bertz CT molecular complexity index is 239. The van der Waals surface area contributed by atoms with Gasteiger partial charge in [-0.3, -0.25) is 0 Å².